The van der Waals surface area contributed by atoms with Gasteiger partial charge in [0.1, 0.15) is 5.82 Å². The predicted octanol–water partition coefficient (Wildman–Crippen LogP) is 5.38. The summed E-state index contributed by atoms with van der Waals surface area (Å²) in [6.45, 7) is 1.95. The van der Waals surface area contributed by atoms with Crippen LogP contribution in [-0.4, -0.2) is 14.5 Å². The van der Waals surface area contributed by atoms with Crippen molar-refractivity contribution in [1.29, 1.82) is 0 Å². The number of hydrogen-bond acceptors (Lipinski definition) is 4. The molecule has 4 aromatic rings. The zero-order chi connectivity index (χ0) is 21.3. The summed E-state index contributed by atoms with van der Waals surface area (Å²) in [6, 6.07) is 19.5. The molecule has 0 fully saturated rings. The second kappa shape index (κ2) is 8.19. The van der Waals surface area contributed by atoms with Crippen molar-refractivity contribution in [2.45, 2.75) is 6.92 Å². The van der Waals surface area contributed by atoms with Crippen molar-refractivity contribution in [3.8, 4) is 5.69 Å². The van der Waals surface area contributed by atoms with Crippen LogP contribution >= 0.6 is 22.6 Å². The van der Waals surface area contributed by atoms with E-state index in [1.807, 2.05) is 49.4 Å². The van der Waals surface area contributed by atoms with Gasteiger partial charge in [-0.1, -0.05) is 24.3 Å². The van der Waals surface area contributed by atoms with Gasteiger partial charge in [0.05, 0.1) is 21.5 Å². The maximum absolute atomic E-state index is 13.4. The van der Waals surface area contributed by atoms with E-state index in [0.29, 0.717) is 16.7 Å². The molecule has 0 bridgehead atoms. The first-order chi connectivity index (χ1) is 14.4. The second-order valence-electron chi connectivity index (χ2n) is 6.74. The van der Waals surface area contributed by atoms with Crippen LogP contribution < -0.4 is 5.56 Å². The lowest BCUT2D eigenvalue weighted by molar-refractivity contribution is -0.384. The van der Waals surface area contributed by atoms with Gasteiger partial charge in [-0.25, -0.2) is 4.98 Å². The zero-order valence-electron chi connectivity index (χ0n) is 15.9. The van der Waals surface area contributed by atoms with Crippen molar-refractivity contribution in [3.63, 3.8) is 0 Å². The molecule has 0 spiro atoms. The van der Waals surface area contributed by atoms with Gasteiger partial charge in [0, 0.05) is 15.7 Å². The molecule has 148 valence electrons. The lowest BCUT2D eigenvalue weighted by Gasteiger charge is -2.13. The number of non-ortho nitro benzene ring substituents is 1. The average Bonchev–Trinajstić information content (AvgIpc) is 2.74. The molecule has 0 aliphatic heterocycles. The number of halogens is 1. The minimum Gasteiger partial charge on any atom is -0.268 e. The molecular weight excluding hydrogens is 493 g/mol. The summed E-state index contributed by atoms with van der Waals surface area (Å²) in [4.78, 5) is 28.5. The lowest BCUT2D eigenvalue weighted by Crippen LogP contribution is -2.23. The normalized spacial score (nSPS) is 11.3. The van der Waals surface area contributed by atoms with E-state index in [2.05, 4.69) is 22.6 Å². The highest BCUT2D eigenvalue weighted by Gasteiger charge is 2.13. The van der Waals surface area contributed by atoms with Gasteiger partial charge in [0.15, 0.2) is 0 Å². The maximum Gasteiger partial charge on any atom is 0.269 e. The Morgan fingerprint density at radius 1 is 1.03 bits per heavy atom. The van der Waals surface area contributed by atoms with E-state index in [1.165, 1.54) is 12.1 Å². The topological polar surface area (TPSA) is 78.0 Å². The highest BCUT2D eigenvalue weighted by atomic mass is 127. The number of fused-ring (bicyclic) bond motifs is 1. The Morgan fingerprint density at radius 3 is 2.47 bits per heavy atom. The number of hydrogen-bond donors (Lipinski definition) is 0. The molecule has 30 heavy (non-hydrogen) atoms. The van der Waals surface area contributed by atoms with E-state index < -0.39 is 4.92 Å². The molecule has 0 N–H and O–H groups in total. The molecule has 0 saturated carbocycles. The van der Waals surface area contributed by atoms with Crippen LogP contribution in [0.2, 0.25) is 0 Å². The van der Waals surface area contributed by atoms with Gasteiger partial charge < -0.3 is 0 Å². The SMILES string of the molecule is Cc1ccccc1-n1c(C=Cc2ccc([N+](=O)[O-])cc2)nc2ccc(I)cc2c1=O. The van der Waals surface area contributed by atoms with Crippen LogP contribution in [0.25, 0.3) is 28.7 Å². The number of nitro benzene ring substituents is 1. The van der Waals surface area contributed by atoms with Crippen LogP contribution in [0.15, 0.2) is 71.5 Å². The number of nitrogens with zero attached hydrogens (tertiary/aromatic N) is 3. The molecular formula is C23H16IN3O3. The highest BCUT2D eigenvalue weighted by molar-refractivity contribution is 14.1. The fourth-order valence-electron chi connectivity index (χ4n) is 3.21. The molecule has 0 atom stereocenters. The van der Waals surface area contributed by atoms with Gasteiger partial charge in [0.25, 0.3) is 11.2 Å². The summed E-state index contributed by atoms with van der Waals surface area (Å²) in [6.07, 6.45) is 3.55. The number of rotatable bonds is 4. The first kappa shape index (κ1) is 20.0. The van der Waals surface area contributed by atoms with Gasteiger partial charge in [0.2, 0.25) is 0 Å². The second-order valence-corrected chi connectivity index (χ2v) is 7.99. The van der Waals surface area contributed by atoms with E-state index in [0.717, 1.165) is 20.4 Å². The number of aryl methyl sites for hydroxylation is 1. The van der Waals surface area contributed by atoms with Crippen molar-refractivity contribution in [1.82, 2.24) is 9.55 Å². The summed E-state index contributed by atoms with van der Waals surface area (Å²) in [5, 5.41) is 11.4. The van der Waals surface area contributed by atoms with Crippen molar-refractivity contribution in [3.05, 3.63) is 108 Å². The minimum atomic E-state index is -0.435. The van der Waals surface area contributed by atoms with E-state index in [1.54, 1.807) is 28.9 Å². The number of nitro groups is 1. The van der Waals surface area contributed by atoms with E-state index in [9.17, 15) is 14.9 Å². The Hall–Kier alpha value is -3.33. The van der Waals surface area contributed by atoms with Crippen molar-refractivity contribution >= 4 is 51.3 Å². The minimum absolute atomic E-state index is 0.0300. The van der Waals surface area contributed by atoms with Gasteiger partial charge in [-0.15, -0.1) is 0 Å². The van der Waals surface area contributed by atoms with Gasteiger partial charge in [-0.3, -0.25) is 19.5 Å². The molecule has 0 amide bonds. The molecule has 7 heteroatoms. The molecule has 0 saturated heterocycles. The van der Waals surface area contributed by atoms with Crippen LogP contribution in [0, 0.1) is 20.6 Å². The Morgan fingerprint density at radius 2 is 1.77 bits per heavy atom. The van der Waals surface area contributed by atoms with Gasteiger partial charge >= 0.3 is 0 Å². The van der Waals surface area contributed by atoms with Gasteiger partial charge in [-0.05, 0) is 83.1 Å². The molecule has 1 heterocycles. The monoisotopic (exact) mass is 509 g/mol. The van der Waals surface area contributed by atoms with Crippen LogP contribution in [0.5, 0.6) is 0 Å². The maximum atomic E-state index is 13.4. The summed E-state index contributed by atoms with van der Waals surface area (Å²) in [5.74, 6) is 0.487. The van der Waals surface area contributed by atoms with Crippen LogP contribution in [0.3, 0.4) is 0 Å². The molecule has 3 aromatic carbocycles. The van der Waals surface area contributed by atoms with Crippen LogP contribution in [-0.2, 0) is 0 Å². The van der Waals surface area contributed by atoms with Gasteiger partial charge in [-0.2, -0.15) is 0 Å². The lowest BCUT2D eigenvalue weighted by atomic mass is 10.1. The summed E-state index contributed by atoms with van der Waals surface area (Å²) >= 11 is 2.18. The van der Waals surface area contributed by atoms with E-state index in [4.69, 9.17) is 4.98 Å². The van der Waals surface area contributed by atoms with E-state index >= 15 is 0 Å². The van der Waals surface area contributed by atoms with Crippen molar-refractivity contribution < 1.29 is 4.92 Å². The quantitative estimate of drug-likeness (QED) is 0.210. The summed E-state index contributed by atoms with van der Waals surface area (Å²) in [7, 11) is 0. The third-order valence-corrected chi connectivity index (χ3v) is 5.41. The first-order valence-electron chi connectivity index (χ1n) is 9.15. The van der Waals surface area contributed by atoms with Crippen LogP contribution in [0.4, 0.5) is 5.69 Å². The van der Waals surface area contributed by atoms with Crippen LogP contribution in [0.1, 0.15) is 17.0 Å². The molecule has 0 unspecified atom stereocenters. The Balaban J connectivity index is 1.90. The predicted molar refractivity (Wildman–Crippen MR) is 127 cm³/mol. The third kappa shape index (κ3) is 3.88. The Bertz CT molecular complexity index is 1360. The zero-order valence-corrected chi connectivity index (χ0v) is 18.1. The standard InChI is InChI=1S/C23H16IN3O3/c1-15-4-2-3-5-21(15)26-22(13-8-16-6-10-18(11-7-16)27(29)30)25-20-12-9-17(24)14-19(20)23(26)28/h2-14H,1H3. The molecule has 4 rings (SSSR count). The molecule has 0 aliphatic rings. The van der Waals surface area contributed by atoms with Crippen molar-refractivity contribution in [2.75, 3.05) is 0 Å². The van der Waals surface area contributed by atoms with E-state index in [-0.39, 0.29) is 11.2 Å². The molecule has 1 aromatic heterocycles. The fraction of sp³-hybridized carbons (Fsp3) is 0.0435. The molecule has 0 aliphatic carbocycles. The number of aromatic nitrogens is 2. The average molecular weight is 509 g/mol. The van der Waals surface area contributed by atoms with Crippen molar-refractivity contribution in [2.24, 2.45) is 0 Å². The number of para-hydroxylation sites is 1. The summed E-state index contributed by atoms with van der Waals surface area (Å²) in [5.41, 5.74) is 3.00. The Kier molecular flexibility index (Phi) is 5.45. The third-order valence-electron chi connectivity index (χ3n) is 4.74. The summed E-state index contributed by atoms with van der Waals surface area (Å²) < 4.78 is 2.57. The first-order valence-corrected chi connectivity index (χ1v) is 10.2. The number of benzene rings is 3. The Labute approximate surface area is 185 Å². The molecule has 6 nitrogen and oxygen atoms in total. The molecule has 0 radical (unpaired) electrons. The largest absolute Gasteiger partial charge is 0.269 e. The smallest absolute Gasteiger partial charge is 0.268 e. The fourth-order valence-corrected chi connectivity index (χ4v) is 3.70. The highest BCUT2D eigenvalue weighted by Crippen LogP contribution is 2.20.